The van der Waals surface area contributed by atoms with Gasteiger partial charge in [0.1, 0.15) is 5.52 Å². The summed E-state index contributed by atoms with van der Waals surface area (Å²) in [6, 6.07) is 10.8. The molecule has 0 saturated carbocycles. The van der Waals surface area contributed by atoms with Gasteiger partial charge >= 0.3 is 6.03 Å². The number of nitrogens with one attached hydrogen (secondary N) is 3. The number of fused-ring (bicyclic) bond motifs is 1. The van der Waals surface area contributed by atoms with Crippen molar-refractivity contribution in [3.8, 4) is 0 Å². The van der Waals surface area contributed by atoms with E-state index in [2.05, 4.69) is 25.7 Å². The van der Waals surface area contributed by atoms with Crippen LogP contribution in [0.5, 0.6) is 0 Å². The zero-order chi connectivity index (χ0) is 21.0. The molecule has 154 valence electrons. The first-order valence-electron chi connectivity index (χ1n) is 8.90. The van der Waals surface area contributed by atoms with Crippen molar-refractivity contribution in [2.75, 3.05) is 11.9 Å². The Bertz CT molecular complexity index is 1110. The Morgan fingerprint density at radius 1 is 1.17 bits per heavy atom. The van der Waals surface area contributed by atoms with Gasteiger partial charge in [0.05, 0.1) is 17.0 Å². The molecule has 11 heteroatoms. The van der Waals surface area contributed by atoms with Crippen molar-refractivity contribution in [3.63, 3.8) is 0 Å². The average molecular weight is 437 g/mol. The van der Waals surface area contributed by atoms with Gasteiger partial charge < -0.3 is 10.6 Å². The van der Waals surface area contributed by atoms with Crippen LogP contribution in [0.2, 0.25) is 5.02 Å². The predicted octanol–water partition coefficient (Wildman–Crippen LogP) is 2.59. The lowest BCUT2D eigenvalue weighted by Gasteiger charge is -2.10. The highest BCUT2D eigenvalue weighted by Crippen LogP contribution is 2.17. The molecule has 3 N–H and O–H groups in total. The molecule has 0 fully saturated rings. The molecular formula is C18H21ClN6O3S. The van der Waals surface area contributed by atoms with E-state index in [-0.39, 0.29) is 17.0 Å². The fraction of sp³-hybridized carbons (Fsp3) is 0.278. The highest BCUT2D eigenvalue weighted by Gasteiger charge is 2.17. The molecule has 2 amide bonds. The number of carbonyl (C=O) groups is 1. The Kier molecular flexibility index (Phi) is 6.36. The third-order valence-corrected chi connectivity index (χ3v) is 5.81. The monoisotopic (exact) mass is 436 g/mol. The van der Waals surface area contributed by atoms with Gasteiger partial charge in [-0.15, -0.1) is 5.10 Å². The number of halogens is 1. The number of benzene rings is 2. The highest BCUT2D eigenvalue weighted by atomic mass is 35.5. The number of carbonyl (C=O) groups excluding carboxylic acids is 1. The van der Waals surface area contributed by atoms with Crippen molar-refractivity contribution >= 4 is 44.4 Å². The highest BCUT2D eigenvalue weighted by molar-refractivity contribution is 7.89. The predicted molar refractivity (Wildman–Crippen MR) is 111 cm³/mol. The lowest BCUT2D eigenvalue weighted by molar-refractivity contribution is 0.251. The van der Waals surface area contributed by atoms with E-state index >= 15 is 0 Å². The van der Waals surface area contributed by atoms with Gasteiger partial charge in [-0.1, -0.05) is 16.8 Å². The molecule has 0 aliphatic rings. The van der Waals surface area contributed by atoms with Crippen LogP contribution >= 0.6 is 11.6 Å². The Morgan fingerprint density at radius 3 is 2.59 bits per heavy atom. The third-order valence-electron chi connectivity index (χ3n) is 3.90. The SMILES string of the molecule is CC(C)NS(=O)(=O)c1ccc2c(c1)nnn2CCNC(=O)Nc1ccc(Cl)cc1. The van der Waals surface area contributed by atoms with Gasteiger partial charge in [0.25, 0.3) is 0 Å². The molecular weight excluding hydrogens is 416 g/mol. The molecule has 0 spiro atoms. The molecule has 2 aromatic carbocycles. The quantitative estimate of drug-likeness (QED) is 0.526. The molecule has 0 saturated heterocycles. The first-order valence-corrected chi connectivity index (χ1v) is 10.8. The molecule has 1 aromatic heterocycles. The molecule has 1 heterocycles. The van der Waals surface area contributed by atoms with Gasteiger partial charge in [0.2, 0.25) is 10.0 Å². The molecule has 3 rings (SSSR count). The second-order valence-corrected chi connectivity index (χ2v) is 8.78. The molecule has 0 aliphatic carbocycles. The number of anilines is 1. The van der Waals surface area contributed by atoms with E-state index < -0.39 is 10.0 Å². The Morgan fingerprint density at radius 2 is 1.90 bits per heavy atom. The van der Waals surface area contributed by atoms with Crippen LogP contribution in [0.15, 0.2) is 47.4 Å². The minimum absolute atomic E-state index is 0.131. The minimum Gasteiger partial charge on any atom is -0.336 e. The smallest absolute Gasteiger partial charge is 0.319 e. The Balaban J connectivity index is 1.61. The zero-order valence-corrected chi connectivity index (χ0v) is 17.5. The molecule has 29 heavy (non-hydrogen) atoms. The summed E-state index contributed by atoms with van der Waals surface area (Å²) in [5, 5.41) is 14.1. The number of hydrogen-bond donors (Lipinski definition) is 3. The molecule has 3 aromatic rings. The molecule has 0 atom stereocenters. The van der Waals surface area contributed by atoms with Crippen LogP contribution in [-0.2, 0) is 16.6 Å². The third kappa shape index (κ3) is 5.43. The molecule has 0 bridgehead atoms. The first kappa shape index (κ1) is 21.0. The van der Waals surface area contributed by atoms with Gasteiger partial charge in [0, 0.05) is 23.3 Å². The number of rotatable bonds is 7. The van der Waals surface area contributed by atoms with E-state index in [1.54, 1.807) is 48.9 Å². The molecule has 0 unspecified atom stereocenters. The van der Waals surface area contributed by atoms with Crippen molar-refractivity contribution in [1.82, 2.24) is 25.0 Å². The summed E-state index contributed by atoms with van der Waals surface area (Å²) in [4.78, 5) is 12.1. The maximum atomic E-state index is 12.3. The van der Waals surface area contributed by atoms with Gasteiger partial charge in [-0.3, -0.25) is 0 Å². The summed E-state index contributed by atoms with van der Waals surface area (Å²) >= 11 is 5.81. The van der Waals surface area contributed by atoms with Crippen LogP contribution in [0.3, 0.4) is 0 Å². The van der Waals surface area contributed by atoms with Crippen LogP contribution in [0.1, 0.15) is 13.8 Å². The van der Waals surface area contributed by atoms with Crippen molar-refractivity contribution in [2.45, 2.75) is 31.3 Å². The first-order chi connectivity index (χ1) is 13.7. The van der Waals surface area contributed by atoms with E-state index in [0.717, 1.165) is 0 Å². The number of aromatic nitrogens is 3. The second-order valence-electron chi connectivity index (χ2n) is 6.63. The van der Waals surface area contributed by atoms with E-state index in [1.165, 1.54) is 12.1 Å². The van der Waals surface area contributed by atoms with E-state index in [4.69, 9.17) is 11.6 Å². The number of amides is 2. The van der Waals surface area contributed by atoms with Crippen molar-refractivity contribution in [1.29, 1.82) is 0 Å². The fourth-order valence-electron chi connectivity index (χ4n) is 2.65. The Labute approximate surface area is 173 Å². The summed E-state index contributed by atoms with van der Waals surface area (Å²) in [5.74, 6) is 0. The van der Waals surface area contributed by atoms with E-state index in [0.29, 0.717) is 34.8 Å². The zero-order valence-electron chi connectivity index (χ0n) is 15.9. The fourth-order valence-corrected chi connectivity index (χ4v) is 4.04. The summed E-state index contributed by atoms with van der Waals surface area (Å²) in [7, 11) is -3.60. The lowest BCUT2D eigenvalue weighted by atomic mass is 10.3. The summed E-state index contributed by atoms with van der Waals surface area (Å²) < 4.78 is 28.7. The van der Waals surface area contributed by atoms with Gasteiger partial charge in [-0.2, -0.15) is 0 Å². The normalized spacial score (nSPS) is 11.7. The van der Waals surface area contributed by atoms with Crippen LogP contribution in [-0.4, -0.2) is 42.0 Å². The maximum Gasteiger partial charge on any atom is 0.319 e. The van der Waals surface area contributed by atoms with E-state index in [1.807, 2.05) is 0 Å². The molecule has 0 aliphatic heterocycles. The lowest BCUT2D eigenvalue weighted by Crippen LogP contribution is -2.31. The number of nitrogens with zero attached hydrogens (tertiary/aromatic N) is 3. The topological polar surface area (TPSA) is 118 Å². The summed E-state index contributed by atoms with van der Waals surface area (Å²) in [6.07, 6.45) is 0. The number of urea groups is 1. The van der Waals surface area contributed by atoms with Gasteiger partial charge in [-0.25, -0.2) is 22.6 Å². The van der Waals surface area contributed by atoms with Crippen LogP contribution in [0.25, 0.3) is 11.0 Å². The number of hydrogen-bond acceptors (Lipinski definition) is 5. The minimum atomic E-state index is -3.60. The summed E-state index contributed by atoms with van der Waals surface area (Å²) in [5.41, 5.74) is 1.76. The Hall–Kier alpha value is -2.69. The van der Waals surface area contributed by atoms with Crippen molar-refractivity contribution in [2.24, 2.45) is 0 Å². The van der Waals surface area contributed by atoms with Crippen LogP contribution in [0, 0.1) is 0 Å². The second kappa shape index (κ2) is 8.76. The standard InChI is InChI=1S/C18H21ClN6O3S/c1-12(2)23-29(27,28)15-7-8-17-16(11-15)22-24-25(17)10-9-20-18(26)21-14-5-3-13(19)4-6-14/h3-8,11-12,23H,9-10H2,1-2H3,(H2,20,21,26). The van der Waals surface area contributed by atoms with Crippen LogP contribution < -0.4 is 15.4 Å². The van der Waals surface area contributed by atoms with Crippen molar-refractivity contribution in [3.05, 3.63) is 47.5 Å². The summed E-state index contributed by atoms with van der Waals surface area (Å²) in [6.45, 7) is 4.19. The molecule has 0 radical (unpaired) electrons. The van der Waals surface area contributed by atoms with Crippen molar-refractivity contribution < 1.29 is 13.2 Å². The average Bonchev–Trinajstić information content (AvgIpc) is 3.05. The van der Waals surface area contributed by atoms with Gasteiger partial charge in [0.15, 0.2) is 0 Å². The molecule has 9 nitrogen and oxygen atoms in total. The number of sulfonamides is 1. The maximum absolute atomic E-state index is 12.3. The van der Waals surface area contributed by atoms with E-state index in [9.17, 15) is 13.2 Å². The largest absolute Gasteiger partial charge is 0.336 e. The van der Waals surface area contributed by atoms with Gasteiger partial charge in [-0.05, 0) is 56.3 Å². The van der Waals surface area contributed by atoms with Crippen LogP contribution in [0.4, 0.5) is 10.5 Å².